The number of hydrogen-bond donors (Lipinski definition) is 2. The second-order valence-corrected chi connectivity index (χ2v) is 6.41. The number of aromatic nitrogens is 2. The van der Waals surface area contributed by atoms with Gasteiger partial charge < -0.3 is 0 Å². The Labute approximate surface area is 114 Å². The molecule has 0 atom stereocenters. The molecule has 0 fully saturated rings. The molecule has 2 rings (SSSR count). The zero-order chi connectivity index (χ0) is 13.3. The van der Waals surface area contributed by atoms with Gasteiger partial charge in [-0.3, -0.25) is 9.82 Å². The summed E-state index contributed by atoms with van der Waals surface area (Å²) in [5, 5.41) is 6.55. The van der Waals surface area contributed by atoms with Crippen LogP contribution in [-0.4, -0.2) is 18.6 Å². The summed E-state index contributed by atoms with van der Waals surface area (Å²) in [6.45, 7) is 3.33. The fraction of sp³-hybridized carbons (Fsp3) is 0.182. The van der Waals surface area contributed by atoms with Gasteiger partial charge in [0.15, 0.2) is 0 Å². The lowest BCUT2D eigenvalue weighted by Crippen LogP contribution is -2.14. The fourth-order valence-corrected chi connectivity index (χ4v) is 3.36. The van der Waals surface area contributed by atoms with E-state index in [1.807, 2.05) is 0 Å². The highest BCUT2D eigenvalue weighted by atomic mass is 79.9. The molecule has 0 saturated heterocycles. The molecule has 0 aliphatic rings. The van der Waals surface area contributed by atoms with Gasteiger partial charge in [-0.15, -0.1) is 0 Å². The predicted octanol–water partition coefficient (Wildman–Crippen LogP) is 2.59. The van der Waals surface area contributed by atoms with Crippen molar-refractivity contribution in [3.8, 4) is 0 Å². The number of H-pyrrole nitrogens is 1. The molecule has 0 aliphatic heterocycles. The molecular formula is C11H12BrN3O2S. The molecule has 5 nitrogen and oxygen atoms in total. The SMILES string of the molecule is Cc1n[nH]c(C)c1S(=O)(=O)Nc1ccc(Br)cc1. The average Bonchev–Trinajstić information content (AvgIpc) is 2.62. The standard InChI is InChI=1S/C11H12BrN3O2S/c1-7-11(8(2)14-13-7)18(16,17)15-10-5-3-9(12)4-6-10/h3-6,15H,1-2H3,(H,13,14). The number of rotatable bonds is 3. The number of hydrogen-bond acceptors (Lipinski definition) is 3. The molecule has 0 unspecified atom stereocenters. The minimum atomic E-state index is -3.60. The molecule has 1 aromatic carbocycles. The van der Waals surface area contributed by atoms with Crippen LogP contribution in [-0.2, 0) is 10.0 Å². The van der Waals surface area contributed by atoms with Crippen molar-refractivity contribution in [1.29, 1.82) is 0 Å². The van der Waals surface area contributed by atoms with Crippen LogP contribution in [0.3, 0.4) is 0 Å². The van der Waals surface area contributed by atoms with Crippen LogP contribution in [0.15, 0.2) is 33.6 Å². The van der Waals surface area contributed by atoms with E-state index in [1.54, 1.807) is 38.1 Å². The number of aryl methyl sites for hydroxylation is 2. The Morgan fingerprint density at radius 3 is 2.33 bits per heavy atom. The minimum Gasteiger partial charge on any atom is -0.281 e. The van der Waals surface area contributed by atoms with Crippen molar-refractivity contribution < 1.29 is 8.42 Å². The van der Waals surface area contributed by atoms with Gasteiger partial charge in [0.1, 0.15) is 4.90 Å². The van der Waals surface area contributed by atoms with Gasteiger partial charge in [0.25, 0.3) is 10.0 Å². The Bertz CT molecular complexity index is 643. The predicted molar refractivity (Wildman–Crippen MR) is 73.0 cm³/mol. The zero-order valence-corrected chi connectivity index (χ0v) is 12.3. The minimum absolute atomic E-state index is 0.199. The van der Waals surface area contributed by atoms with Crippen molar-refractivity contribution in [3.05, 3.63) is 40.1 Å². The molecule has 0 saturated carbocycles. The van der Waals surface area contributed by atoms with Crippen LogP contribution in [0.1, 0.15) is 11.4 Å². The highest BCUT2D eigenvalue weighted by Gasteiger charge is 2.22. The third kappa shape index (κ3) is 2.56. The summed E-state index contributed by atoms with van der Waals surface area (Å²) in [4.78, 5) is 0.199. The van der Waals surface area contributed by atoms with Crippen LogP contribution in [0, 0.1) is 13.8 Å². The lowest BCUT2D eigenvalue weighted by molar-refractivity contribution is 0.600. The Balaban J connectivity index is 2.36. The van der Waals surface area contributed by atoms with Crippen molar-refractivity contribution in [1.82, 2.24) is 10.2 Å². The first-order valence-corrected chi connectivity index (χ1v) is 7.48. The maximum absolute atomic E-state index is 12.2. The number of anilines is 1. The number of nitrogens with one attached hydrogen (secondary N) is 2. The lowest BCUT2D eigenvalue weighted by atomic mass is 10.3. The van der Waals surface area contributed by atoms with E-state index in [0.29, 0.717) is 17.1 Å². The van der Waals surface area contributed by atoms with Crippen molar-refractivity contribution >= 4 is 31.6 Å². The van der Waals surface area contributed by atoms with Gasteiger partial charge in [0.05, 0.1) is 11.4 Å². The van der Waals surface area contributed by atoms with E-state index in [1.165, 1.54) is 0 Å². The molecular weight excluding hydrogens is 318 g/mol. The zero-order valence-electron chi connectivity index (χ0n) is 9.86. The molecule has 18 heavy (non-hydrogen) atoms. The molecule has 7 heteroatoms. The van der Waals surface area contributed by atoms with E-state index in [4.69, 9.17) is 0 Å². The summed E-state index contributed by atoms with van der Waals surface area (Å²) < 4.78 is 27.8. The number of aromatic amines is 1. The van der Waals surface area contributed by atoms with Gasteiger partial charge in [-0.05, 0) is 38.1 Å². The first-order chi connectivity index (χ1) is 8.40. The number of halogens is 1. The highest BCUT2D eigenvalue weighted by Crippen LogP contribution is 2.21. The van der Waals surface area contributed by atoms with Crippen LogP contribution >= 0.6 is 15.9 Å². The third-order valence-electron chi connectivity index (χ3n) is 2.43. The van der Waals surface area contributed by atoms with Gasteiger partial charge in [0.2, 0.25) is 0 Å². The third-order valence-corrected chi connectivity index (χ3v) is 4.60. The molecule has 96 valence electrons. The fourth-order valence-electron chi connectivity index (χ4n) is 1.66. The number of benzene rings is 1. The van der Waals surface area contributed by atoms with Crippen molar-refractivity contribution in [2.75, 3.05) is 4.72 Å². The van der Waals surface area contributed by atoms with E-state index in [0.717, 1.165) is 4.47 Å². The smallest absolute Gasteiger partial charge is 0.265 e. The van der Waals surface area contributed by atoms with Crippen LogP contribution in [0.25, 0.3) is 0 Å². The number of nitrogens with zero attached hydrogens (tertiary/aromatic N) is 1. The van der Waals surface area contributed by atoms with Crippen molar-refractivity contribution in [2.24, 2.45) is 0 Å². The van der Waals surface area contributed by atoms with Gasteiger partial charge in [-0.2, -0.15) is 5.10 Å². The van der Waals surface area contributed by atoms with Crippen molar-refractivity contribution in [3.63, 3.8) is 0 Å². The Morgan fingerprint density at radius 2 is 1.83 bits per heavy atom. The first kappa shape index (κ1) is 13.1. The average molecular weight is 330 g/mol. The molecule has 0 aliphatic carbocycles. The highest BCUT2D eigenvalue weighted by molar-refractivity contribution is 9.10. The van der Waals surface area contributed by atoms with E-state index in [2.05, 4.69) is 30.8 Å². The molecule has 0 radical (unpaired) electrons. The molecule has 1 aromatic heterocycles. The summed E-state index contributed by atoms with van der Waals surface area (Å²) in [5.41, 5.74) is 1.49. The topological polar surface area (TPSA) is 74.8 Å². The van der Waals surface area contributed by atoms with E-state index in [9.17, 15) is 8.42 Å². The van der Waals surface area contributed by atoms with Gasteiger partial charge in [-0.1, -0.05) is 15.9 Å². The summed E-state index contributed by atoms with van der Waals surface area (Å²) in [5.74, 6) is 0. The Morgan fingerprint density at radius 1 is 1.22 bits per heavy atom. The molecule has 2 aromatic rings. The summed E-state index contributed by atoms with van der Waals surface area (Å²) in [6.07, 6.45) is 0. The Kier molecular flexibility index (Phi) is 3.45. The molecule has 0 amide bonds. The van der Waals surface area contributed by atoms with Gasteiger partial charge >= 0.3 is 0 Å². The maximum Gasteiger partial charge on any atom is 0.265 e. The molecule has 0 spiro atoms. The second-order valence-electron chi connectivity index (χ2n) is 3.88. The molecule has 0 bridgehead atoms. The summed E-state index contributed by atoms with van der Waals surface area (Å²) in [7, 11) is -3.60. The second kappa shape index (κ2) is 4.74. The van der Waals surface area contributed by atoms with E-state index < -0.39 is 10.0 Å². The summed E-state index contributed by atoms with van der Waals surface area (Å²) in [6, 6.07) is 6.92. The normalized spacial score (nSPS) is 11.5. The Hall–Kier alpha value is -1.34. The largest absolute Gasteiger partial charge is 0.281 e. The van der Waals surface area contributed by atoms with Crippen LogP contribution in [0.4, 0.5) is 5.69 Å². The number of sulfonamides is 1. The summed E-state index contributed by atoms with van der Waals surface area (Å²) >= 11 is 3.29. The quantitative estimate of drug-likeness (QED) is 0.908. The lowest BCUT2D eigenvalue weighted by Gasteiger charge is -2.08. The monoisotopic (exact) mass is 329 g/mol. The van der Waals surface area contributed by atoms with Crippen molar-refractivity contribution in [2.45, 2.75) is 18.7 Å². The van der Waals surface area contributed by atoms with Gasteiger partial charge in [-0.25, -0.2) is 8.42 Å². The van der Waals surface area contributed by atoms with Crippen LogP contribution < -0.4 is 4.72 Å². The molecule has 1 heterocycles. The maximum atomic E-state index is 12.2. The van der Waals surface area contributed by atoms with Gasteiger partial charge in [0, 0.05) is 10.2 Å². The first-order valence-electron chi connectivity index (χ1n) is 5.20. The van der Waals surface area contributed by atoms with E-state index in [-0.39, 0.29) is 4.90 Å². The van der Waals surface area contributed by atoms with E-state index >= 15 is 0 Å². The molecule has 2 N–H and O–H groups in total. The van der Waals surface area contributed by atoms with Crippen LogP contribution in [0.2, 0.25) is 0 Å². The van der Waals surface area contributed by atoms with Crippen LogP contribution in [0.5, 0.6) is 0 Å².